The minimum Gasteiger partial charge on any atom is -0.493 e. The quantitative estimate of drug-likeness (QED) is 0.852. The monoisotopic (exact) mass is 300 g/mol. The van der Waals surface area contributed by atoms with Crippen LogP contribution in [0.2, 0.25) is 0 Å². The van der Waals surface area contributed by atoms with Gasteiger partial charge in [0.25, 0.3) is 5.91 Å². The Morgan fingerprint density at radius 1 is 1.14 bits per heavy atom. The van der Waals surface area contributed by atoms with E-state index in [1.54, 1.807) is 38.4 Å². The Bertz CT molecular complexity index is 653. The normalized spacial score (nSPS) is 10.2. The maximum absolute atomic E-state index is 12.4. The number of carbonyl (C=O) groups is 1. The summed E-state index contributed by atoms with van der Waals surface area (Å²) < 4.78 is 10.5. The molecule has 0 N–H and O–H groups in total. The molecular weight excluding hydrogens is 280 g/mol. The Balaban J connectivity index is 2.12. The van der Waals surface area contributed by atoms with Crippen molar-refractivity contribution in [1.82, 2.24) is 9.88 Å². The molecule has 2 rings (SSSR count). The first kappa shape index (κ1) is 15.8. The van der Waals surface area contributed by atoms with Crippen LogP contribution in [0.1, 0.15) is 21.6 Å². The molecule has 0 aliphatic carbocycles. The lowest BCUT2D eigenvalue weighted by molar-refractivity contribution is 0.0784. The fourth-order valence-corrected chi connectivity index (χ4v) is 2.14. The van der Waals surface area contributed by atoms with Gasteiger partial charge in [-0.05, 0) is 36.8 Å². The van der Waals surface area contributed by atoms with E-state index in [0.29, 0.717) is 23.6 Å². The van der Waals surface area contributed by atoms with Gasteiger partial charge in [0.2, 0.25) is 0 Å². The van der Waals surface area contributed by atoms with Gasteiger partial charge in [-0.25, -0.2) is 0 Å². The van der Waals surface area contributed by atoms with Gasteiger partial charge in [-0.3, -0.25) is 9.78 Å². The van der Waals surface area contributed by atoms with E-state index in [4.69, 9.17) is 9.47 Å². The molecule has 1 heterocycles. The van der Waals surface area contributed by atoms with Gasteiger partial charge in [0.05, 0.1) is 19.8 Å². The maximum atomic E-state index is 12.4. The lowest BCUT2D eigenvalue weighted by Crippen LogP contribution is -2.26. The van der Waals surface area contributed by atoms with Gasteiger partial charge in [0.1, 0.15) is 0 Å². The number of ether oxygens (including phenoxy) is 2. The summed E-state index contributed by atoms with van der Waals surface area (Å²) in [5.74, 6) is 1.25. The minimum absolute atomic E-state index is 0.0673. The summed E-state index contributed by atoms with van der Waals surface area (Å²) in [6.07, 6.45) is 1.60. The summed E-state index contributed by atoms with van der Waals surface area (Å²) in [4.78, 5) is 18.2. The van der Waals surface area contributed by atoms with Gasteiger partial charge in [-0.15, -0.1) is 0 Å². The Morgan fingerprint density at radius 2 is 1.86 bits per heavy atom. The molecule has 0 fully saturated rings. The van der Waals surface area contributed by atoms with Crippen LogP contribution >= 0.6 is 0 Å². The van der Waals surface area contributed by atoms with E-state index in [9.17, 15) is 4.79 Å². The topological polar surface area (TPSA) is 51.7 Å². The largest absolute Gasteiger partial charge is 0.493 e. The Hall–Kier alpha value is -2.56. The zero-order chi connectivity index (χ0) is 16.1. The van der Waals surface area contributed by atoms with Crippen LogP contribution < -0.4 is 9.47 Å². The lowest BCUT2D eigenvalue weighted by Gasteiger charge is -2.18. The minimum atomic E-state index is -0.0673. The van der Waals surface area contributed by atoms with E-state index in [0.717, 1.165) is 11.3 Å². The number of pyridine rings is 1. The van der Waals surface area contributed by atoms with Crippen molar-refractivity contribution in [3.8, 4) is 11.5 Å². The van der Waals surface area contributed by atoms with Crippen molar-refractivity contribution in [3.63, 3.8) is 0 Å². The van der Waals surface area contributed by atoms with Crippen molar-refractivity contribution in [3.05, 3.63) is 53.3 Å². The molecule has 22 heavy (non-hydrogen) atoms. The average Bonchev–Trinajstić information content (AvgIpc) is 2.54. The molecule has 0 spiro atoms. The second-order valence-electron chi connectivity index (χ2n) is 5.04. The molecule has 5 nitrogen and oxygen atoms in total. The highest BCUT2D eigenvalue weighted by atomic mass is 16.5. The van der Waals surface area contributed by atoms with E-state index in [-0.39, 0.29) is 5.91 Å². The second-order valence-corrected chi connectivity index (χ2v) is 5.04. The van der Waals surface area contributed by atoms with Crippen LogP contribution in [0, 0.1) is 6.92 Å². The second kappa shape index (κ2) is 6.93. The number of rotatable bonds is 5. The number of carbonyl (C=O) groups excluding carboxylic acids is 1. The summed E-state index contributed by atoms with van der Waals surface area (Å²) in [6, 6.07) is 9.24. The first-order valence-corrected chi connectivity index (χ1v) is 6.94. The molecule has 0 aliphatic rings. The van der Waals surface area contributed by atoms with Crippen LogP contribution in [0.4, 0.5) is 0 Å². The van der Waals surface area contributed by atoms with Crippen molar-refractivity contribution >= 4 is 5.91 Å². The smallest absolute Gasteiger partial charge is 0.255 e. The van der Waals surface area contributed by atoms with Gasteiger partial charge < -0.3 is 14.4 Å². The van der Waals surface area contributed by atoms with E-state index >= 15 is 0 Å². The van der Waals surface area contributed by atoms with Crippen molar-refractivity contribution in [2.45, 2.75) is 13.5 Å². The molecule has 0 radical (unpaired) electrons. The number of amides is 1. The van der Waals surface area contributed by atoms with E-state index in [1.165, 1.54) is 0 Å². The molecule has 1 amide bonds. The first-order chi connectivity index (χ1) is 10.5. The van der Waals surface area contributed by atoms with Gasteiger partial charge in [-0.2, -0.15) is 0 Å². The van der Waals surface area contributed by atoms with E-state index in [2.05, 4.69) is 4.98 Å². The number of benzene rings is 1. The van der Waals surface area contributed by atoms with Crippen molar-refractivity contribution in [1.29, 1.82) is 0 Å². The van der Waals surface area contributed by atoms with Gasteiger partial charge >= 0.3 is 0 Å². The van der Waals surface area contributed by atoms with Crippen LogP contribution in [0.3, 0.4) is 0 Å². The maximum Gasteiger partial charge on any atom is 0.255 e. The number of hydrogen-bond acceptors (Lipinski definition) is 4. The van der Waals surface area contributed by atoms with Gasteiger partial charge in [0, 0.05) is 25.5 Å². The summed E-state index contributed by atoms with van der Waals surface area (Å²) in [5.41, 5.74) is 2.43. The molecule has 116 valence electrons. The highest BCUT2D eigenvalue weighted by Crippen LogP contribution is 2.28. The summed E-state index contributed by atoms with van der Waals surface area (Å²) in [7, 11) is 4.95. The zero-order valence-corrected chi connectivity index (χ0v) is 13.3. The molecule has 2 aromatic rings. The molecule has 0 saturated heterocycles. The Morgan fingerprint density at radius 3 is 2.45 bits per heavy atom. The number of hydrogen-bond donors (Lipinski definition) is 0. The summed E-state index contributed by atoms with van der Waals surface area (Å²) >= 11 is 0. The zero-order valence-electron chi connectivity index (χ0n) is 13.3. The lowest BCUT2D eigenvalue weighted by atomic mass is 10.1. The van der Waals surface area contributed by atoms with Gasteiger partial charge in [0.15, 0.2) is 11.5 Å². The van der Waals surface area contributed by atoms with Crippen molar-refractivity contribution in [2.24, 2.45) is 0 Å². The fraction of sp³-hybridized carbons (Fsp3) is 0.294. The third-order valence-corrected chi connectivity index (χ3v) is 3.37. The molecule has 1 aromatic carbocycles. The summed E-state index contributed by atoms with van der Waals surface area (Å²) in [6.45, 7) is 2.37. The third kappa shape index (κ3) is 3.55. The third-order valence-electron chi connectivity index (χ3n) is 3.37. The predicted octanol–water partition coefficient (Wildman–Crippen LogP) is 2.68. The number of nitrogens with zero attached hydrogens (tertiary/aromatic N) is 2. The molecule has 0 saturated carbocycles. The molecule has 0 atom stereocenters. The highest BCUT2D eigenvalue weighted by Gasteiger charge is 2.13. The van der Waals surface area contributed by atoms with Crippen LogP contribution in [-0.2, 0) is 6.54 Å². The molecule has 0 bridgehead atoms. The van der Waals surface area contributed by atoms with Crippen molar-refractivity contribution in [2.75, 3.05) is 21.3 Å². The molecule has 1 aromatic heterocycles. The van der Waals surface area contributed by atoms with Crippen LogP contribution in [0.5, 0.6) is 11.5 Å². The van der Waals surface area contributed by atoms with E-state index in [1.807, 2.05) is 31.2 Å². The number of aromatic nitrogens is 1. The van der Waals surface area contributed by atoms with Crippen molar-refractivity contribution < 1.29 is 14.3 Å². The van der Waals surface area contributed by atoms with Crippen LogP contribution in [0.25, 0.3) is 0 Å². The standard InChI is InChI=1S/C17H20N2O3/c1-12-5-7-14(10-18-12)17(20)19(2)11-13-6-8-15(21-3)16(9-13)22-4/h5-10H,11H2,1-4H3. The Kier molecular flexibility index (Phi) is 4.99. The van der Waals surface area contributed by atoms with Crippen LogP contribution in [-0.4, -0.2) is 37.1 Å². The Labute approximate surface area is 130 Å². The fourth-order valence-electron chi connectivity index (χ4n) is 2.14. The highest BCUT2D eigenvalue weighted by molar-refractivity contribution is 5.93. The predicted molar refractivity (Wildman–Crippen MR) is 84.3 cm³/mol. The number of aryl methyl sites for hydroxylation is 1. The number of methoxy groups -OCH3 is 2. The molecule has 0 aliphatic heterocycles. The van der Waals surface area contributed by atoms with E-state index < -0.39 is 0 Å². The molecular formula is C17H20N2O3. The molecule has 0 unspecified atom stereocenters. The van der Waals surface area contributed by atoms with Gasteiger partial charge in [-0.1, -0.05) is 6.07 Å². The first-order valence-electron chi connectivity index (χ1n) is 6.94. The SMILES string of the molecule is COc1ccc(CN(C)C(=O)c2ccc(C)nc2)cc1OC. The average molecular weight is 300 g/mol. The van der Waals surface area contributed by atoms with Crippen LogP contribution in [0.15, 0.2) is 36.5 Å². The summed E-state index contributed by atoms with van der Waals surface area (Å²) in [5, 5.41) is 0. The molecule has 5 heteroatoms.